The van der Waals surface area contributed by atoms with Crippen LogP contribution in [-0.2, 0) is 24.6 Å². The van der Waals surface area contributed by atoms with Crippen molar-refractivity contribution < 1.29 is 42.2 Å². The van der Waals surface area contributed by atoms with Crippen molar-refractivity contribution >= 4 is 61.4 Å². The zero-order valence-electron chi connectivity index (χ0n) is 39.8. The summed E-state index contributed by atoms with van der Waals surface area (Å²) in [6.07, 6.45) is 3.36. The highest BCUT2D eigenvalue weighted by Gasteiger charge is 2.47. The number of ether oxygens (including phenoxy) is 2. The van der Waals surface area contributed by atoms with E-state index in [9.17, 15) is 32.7 Å². The quantitative estimate of drug-likeness (QED) is 0.133. The fourth-order valence-electron chi connectivity index (χ4n) is 8.91. The van der Waals surface area contributed by atoms with E-state index in [4.69, 9.17) is 19.4 Å². The molecular weight excluding hydrogens is 887 g/mol. The number of rotatable bonds is 13. The number of aliphatic carboxylic acids is 1. The average Bonchev–Trinajstić information content (AvgIpc) is 3.97. The van der Waals surface area contributed by atoms with Crippen LogP contribution in [0.2, 0.25) is 0 Å². The van der Waals surface area contributed by atoms with E-state index in [1.165, 1.54) is 24.8 Å². The lowest BCUT2D eigenvalue weighted by Gasteiger charge is -2.35. The number of aromatic nitrogens is 2. The number of fused-ring (bicyclic) bond motifs is 2. The molecule has 3 aliphatic rings. The lowest BCUT2D eigenvalue weighted by atomic mass is 9.86. The first-order valence-corrected chi connectivity index (χ1v) is 25.5. The van der Waals surface area contributed by atoms with Gasteiger partial charge in [0, 0.05) is 67.1 Å². The van der Waals surface area contributed by atoms with E-state index >= 15 is 0 Å². The molecule has 364 valence electrons. The molecule has 66 heavy (non-hydrogen) atoms. The number of nitrogens with one attached hydrogen (secondary N) is 4. The summed E-state index contributed by atoms with van der Waals surface area (Å²) < 4.78 is 42.0. The third kappa shape index (κ3) is 11.7. The van der Waals surface area contributed by atoms with E-state index < -0.39 is 69.2 Å². The van der Waals surface area contributed by atoms with Gasteiger partial charge in [-0.2, -0.15) is 17.0 Å². The van der Waals surface area contributed by atoms with Crippen molar-refractivity contribution in [2.75, 3.05) is 38.6 Å². The number of carboxylic acid groups (broad SMARTS) is 1. The van der Waals surface area contributed by atoms with Crippen LogP contribution in [0.25, 0.3) is 22.3 Å². The first-order valence-electron chi connectivity index (χ1n) is 23.2. The normalized spacial score (nSPS) is 24.2. The molecule has 6 rings (SSSR count). The Hall–Kier alpha value is -4.79. The largest absolute Gasteiger partial charge is 0.497 e. The number of carbonyl (C=O) groups is 4. The third-order valence-electron chi connectivity index (χ3n) is 12.9. The molecule has 20 heteroatoms. The number of benzene rings is 1. The minimum atomic E-state index is -3.74. The molecule has 4 amide bonds. The Morgan fingerprint density at radius 3 is 2.41 bits per heavy atom. The molecule has 0 saturated carbocycles. The van der Waals surface area contributed by atoms with Gasteiger partial charge < -0.3 is 40.7 Å². The van der Waals surface area contributed by atoms with Gasteiger partial charge in [-0.1, -0.05) is 59.8 Å². The number of carbonyl (C=O) groups excluding carboxylic acids is 3. The van der Waals surface area contributed by atoms with Crippen LogP contribution >= 0.6 is 11.3 Å². The Bertz CT molecular complexity index is 2340. The SMILES string of the molecule is CC[C@]1(C(=O)O)CCCCCCC[C@H](NC(=O)NC(CN2CCN(C(C)C)S2(=O)=O)C(C)(C)C)C(=O)N2C[C@H](Oc3cc(-c4csc(NC(C)C)n4)nc4cc(OC)ccc34)C[C@H]2C(=O)N1. The Kier molecular flexibility index (Phi) is 16.1. The summed E-state index contributed by atoms with van der Waals surface area (Å²) in [6, 6.07) is 3.70. The second-order valence-electron chi connectivity index (χ2n) is 19.4. The monoisotopic (exact) mass is 955 g/mol. The highest BCUT2D eigenvalue weighted by molar-refractivity contribution is 7.87. The standard InChI is InChI=1S/C46H69N9O9S2/c1-10-46(42(58)59)19-15-13-11-12-14-16-33(49-43(60)51-39(45(6,7)8)26-53-20-21-55(29(4)5)66(53,61)62)41(57)54-25-31(23-37(54)40(56)52-46)64-38-24-35(36-27-65-44(50-36)47-28(2)3)48-34-22-30(63-9)17-18-32(34)38/h17-18,22,24,27-29,31,33,37,39H,10-16,19-21,23,25-26H2,1-9H3,(H,47,50)(H,52,56)(H,58,59)(H2,49,51,60)/t31-,33+,37+,39?,46-/m1/s1. The summed E-state index contributed by atoms with van der Waals surface area (Å²) in [5.74, 6) is -1.24. The first kappa shape index (κ1) is 50.6. The minimum Gasteiger partial charge on any atom is -0.497 e. The number of amides is 4. The van der Waals surface area contributed by atoms with Crippen LogP contribution in [-0.4, -0.2) is 136 Å². The van der Waals surface area contributed by atoms with Crippen LogP contribution in [0.15, 0.2) is 29.6 Å². The summed E-state index contributed by atoms with van der Waals surface area (Å²) >= 11 is 1.45. The molecular formula is C46H69N9O9S2. The average molecular weight is 956 g/mol. The van der Waals surface area contributed by atoms with Crippen molar-refractivity contribution in [2.24, 2.45) is 5.41 Å². The maximum atomic E-state index is 15.0. The van der Waals surface area contributed by atoms with Gasteiger partial charge in [0.05, 0.1) is 24.9 Å². The van der Waals surface area contributed by atoms with Crippen molar-refractivity contribution in [3.8, 4) is 22.9 Å². The summed E-state index contributed by atoms with van der Waals surface area (Å²) in [4.78, 5) is 67.6. The maximum absolute atomic E-state index is 15.0. The number of methoxy groups -OCH3 is 1. The molecule has 0 aliphatic carbocycles. The number of pyridine rings is 1. The van der Waals surface area contributed by atoms with E-state index in [0.717, 1.165) is 24.4 Å². The van der Waals surface area contributed by atoms with E-state index in [1.54, 1.807) is 32.2 Å². The lowest BCUT2D eigenvalue weighted by molar-refractivity contribution is -0.150. The van der Waals surface area contributed by atoms with Crippen LogP contribution in [0.1, 0.15) is 113 Å². The second kappa shape index (κ2) is 21.0. The Labute approximate surface area is 393 Å². The third-order valence-corrected chi connectivity index (χ3v) is 15.8. The minimum absolute atomic E-state index is 0.0356. The van der Waals surface area contributed by atoms with E-state index in [1.807, 2.05) is 59.9 Å². The van der Waals surface area contributed by atoms with Crippen LogP contribution in [0.5, 0.6) is 11.5 Å². The van der Waals surface area contributed by atoms with E-state index in [-0.39, 0.29) is 57.4 Å². The zero-order valence-corrected chi connectivity index (χ0v) is 41.4. The summed E-state index contributed by atoms with van der Waals surface area (Å²) in [7, 11) is -2.17. The van der Waals surface area contributed by atoms with Crippen LogP contribution in [0.4, 0.5) is 9.93 Å². The molecule has 3 fully saturated rings. The van der Waals surface area contributed by atoms with Gasteiger partial charge in [0.15, 0.2) is 5.13 Å². The Balaban J connectivity index is 1.32. The van der Waals surface area contributed by atoms with Gasteiger partial charge in [0.25, 0.3) is 10.2 Å². The molecule has 0 radical (unpaired) electrons. The molecule has 2 aromatic heterocycles. The highest BCUT2D eigenvalue weighted by atomic mass is 32.2. The summed E-state index contributed by atoms with van der Waals surface area (Å²) in [5, 5.41) is 25.9. The van der Waals surface area contributed by atoms with E-state index in [2.05, 4.69) is 21.3 Å². The molecule has 5 N–H and O–H groups in total. The zero-order chi connectivity index (χ0) is 48.1. The van der Waals surface area contributed by atoms with Gasteiger partial charge in [-0.15, -0.1) is 11.3 Å². The predicted molar refractivity (Wildman–Crippen MR) is 255 cm³/mol. The Morgan fingerprint density at radius 2 is 1.76 bits per heavy atom. The molecule has 1 unspecified atom stereocenters. The predicted octanol–water partition coefficient (Wildman–Crippen LogP) is 5.98. The number of carboxylic acids is 1. The molecule has 5 atom stereocenters. The molecule has 1 aromatic carbocycles. The highest BCUT2D eigenvalue weighted by Crippen LogP contribution is 2.36. The summed E-state index contributed by atoms with van der Waals surface area (Å²) in [5.41, 5.74) is -0.367. The lowest BCUT2D eigenvalue weighted by Crippen LogP contribution is -2.61. The smallest absolute Gasteiger partial charge is 0.329 e. The molecule has 0 bridgehead atoms. The molecule has 3 saturated heterocycles. The number of thiazole rings is 1. The molecule has 0 spiro atoms. The van der Waals surface area contributed by atoms with Crippen molar-refractivity contribution in [3.63, 3.8) is 0 Å². The van der Waals surface area contributed by atoms with Gasteiger partial charge >= 0.3 is 12.0 Å². The number of hydrogen-bond donors (Lipinski definition) is 5. The van der Waals surface area contributed by atoms with Crippen molar-refractivity contribution in [1.82, 2.24) is 39.4 Å². The van der Waals surface area contributed by atoms with Gasteiger partial charge in [-0.05, 0) is 64.5 Å². The molecule has 3 aliphatic heterocycles. The van der Waals surface area contributed by atoms with Crippen molar-refractivity contribution in [3.05, 3.63) is 29.6 Å². The summed E-state index contributed by atoms with van der Waals surface area (Å²) in [6.45, 7) is 15.8. The molecule has 3 aromatic rings. The van der Waals surface area contributed by atoms with Crippen molar-refractivity contribution in [1.29, 1.82) is 0 Å². The van der Waals surface area contributed by atoms with Gasteiger partial charge in [-0.25, -0.2) is 19.6 Å². The van der Waals surface area contributed by atoms with Crippen molar-refractivity contribution in [2.45, 2.75) is 155 Å². The molecule has 5 heterocycles. The number of urea groups is 1. The fraction of sp³-hybridized carbons (Fsp3) is 0.652. The fourth-order valence-corrected chi connectivity index (χ4v) is 11.6. The van der Waals surface area contributed by atoms with Crippen LogP contribution in [0.3, 0.4) is 0 Å². The number of hydrogen-bond acceptors (Lipinski definition) is 12. The van der Waals surface area contributed by atoms with Gasteiger partial charge in [0.2, 0.25) is 11.8 Å². The van der Waals surface area contributed by atoms with Gasteiger partial charge in [0.1, 0.15) is 40.9 Å². The second-order valence-corrected chi connectivity index (χ2v) is 22.1. The first-order chi connectivity index (χ1) is 31.1. The van der Waals surface area contributed by atoms with Crippen LogP contribution < -0.4 is 30.7 Å². The topological polar surface area (TPSA) is 225 Å². The van der Waals surface area contributed by atoms with Gasteiger partial charge in [-0.3, -0.25) is 9.59 Å². The number of anilines is 1. The Morgan fingerprint density at radius 1 is 1.03 bits per heavy atom. The van der Waals surface area contributed by atoms with Crippen LogP contribution in [0, 0.1) is 5.41 Å². The molecule has 18 nitrogen and oxygen atoms in total. The van der Waals surface area contributed by atoms with E-state index in [0.29, 0.717) is 53.2 Å². The maximum Gasteiger partial charge on any atom is 0.329 e. The number of nitrogens with zero attached hydrogens (tertiary/aromatic N) is 5.